The predicted octanol–water partition coefficient (Wildman–Crippen LogP) is 4.83. The van der Waals surface area contributed by atoms with E-state index in [2.05, 4.69) is 69.4 Å². The van der Waals surface area contributed by atoms with Crippen molar-refractivity contribution in [2.75, 3.05) is 5.32 Å². The molecule has 3 rings (SSSR count). The Morgan fingerprint density at radius 1 is 1.10 bits per heavy atom. The molecule has 0 fully saturated rings. The molecule has 2 heteroatoms. The van der Waals surface area contributed by atoms with Crippen LogP contribution in [0.1, 0.15) is 39.2 Å². The maximum absolute atomic E-state index is 4.83. The third-order valence-electron chi connectivity index (χ3n) is 4.03. The van der Waals surface area contributed by atoms with Crippen molar-refractivity contribution < 1.29 is 0 Å². The number of hydrogen-bond donors (Lipinski definition) is 1. The van der Waals surface area contributed by atoms with Gasteiger partial charge < -0.3 is 5.32 Å². The number of aliphatic imine (C=N–C) groups is 1. The summed E-state index contributed by atoms with van der Waals surface area (Å²) in [5, 5.41) is 3.59. The van der Waals surface area contributed by atoms with Gasteiger partial charge >= 0.3 is 0 Å². The number of fused-ring (bicyclic) bond motifs is 2. The summed E-state index contributed by atoms with van der Waals surface area (Å²) in [6, 6.07) is 6.76. The third kappa shape index (κ3) is 2.31. The van der Waals surface area contributed by atoms with E-state index in [1.54, 1.807) is 0 Å². The minimum Gasteiger partial charge on any atom is -0.372 e. The van der Waals surface area contributed by atoms with Crippen molar-refractivity contribution in [3.8, 4) is 0 Å². The van der Waals surface area contributed by atoms with Crippen LogP contribution in [0.4, 0.5) is 11.4 Å². The molecule has 0 aromatic heterocycles. The number of allylic oxidation sites excluding steroid dienone is 2. The molecule has 1 aromatic rings. The first kappa shape index (κ1) is 13.2. The summed E-state index contributed by atoms with van der Waals surface area (Å²) in [6.45, 7) is 8.88. The van der Waals surface area contributed by atoms with Gasteiger partial charge in [-0.1, -0.05) is 45.9 Å². The molecule has 2 aliphatic rings. The van der Waals surface area contributed by atoms with Crippen LogP contribution in [0.3, 0.4) is 0 Å². The second-order valence-corrected chi connectivity index (χ2v) is 6.25. The molecule has 0 radical (unpaired) electrons. The van der Waals surface area contributed by atoms with Crippen molar-refractivity contribution in [2.45, 2.75) is 39.7 Å². The summed E-state index contributed by atoms with van der Waals surface area (Å²) in [5.41, 5.74) is 6.03. The first-order valence-corrected chi connectivity index (χ1v) is 7.43. The Kier molecular flexibility index (Phi) is 3.25. The molecule has 1 aromatic carbocycles. The second kappa shape index (κ2) is 4.93. The van der Waals surface area contributed by atoms with E-state index in [4.69, 9.17) is 4.99 Å². The molecule has 1 atom stereocenters. The van der Waals surface area contributed by atoms with E-state index in [0.717, 1.165) is 17.1 Å². The van der Waals surface area contributed by atoms with Crippen LogP contribution in [0.2, 0.25) is 0 Å². The predicted molar refractivity (Wildman–Crippen MR) is 87.1 cm³/mol. The monoisotopic (exact) mass is 266 g/mol. The minimum absolute atomic E-state index is 0.215. The lowest BCUT2D eigenvalue weighted by Gasteiger charge is -2.27. The normalized spacial score (nSPS) is 20.2. The van der Waals surface area contributed by atoms with Crippen LogP contribution >= 0.6 is 0 Å². The summed E-state index contributed by atoms with van der Waals surface area (Å²) >= 11 is 0. The maximum atomic E-state index is 4.83. The van der Waals surface area contributed by atoms with Crippen molar-refractivity contribution in [1.82, 2.24) is 0 Å². The largest absolute Gasteiger partial charge is 0.372 e. The highest BCUT2D eigenvalue weighted by Gasteiger charge is 2.22. The standard InChI is InChI=1S/C18H22N2/c1-11(2)13-5-7-15-17(9-13)19-16-8-6-14(12(3)4)10-18(16)20-15/h5-12,15,20H,1-4H3. The lowest BCUT2D eigenvalue weighted by molar-refractivity contribution is 0.788. The van der Waals surface area contributed by atoms with Crippen molar-refractivity contribution in [2.24, 2.45) is 10.9 Å². The lowest BCUT2D eigenvalue weighted by Crippen LogP contribution is -2.31. The van der Waals surface area contributed by atoms with Gasteiger partial charge in [-0.3, -0.25) is 0 Å². The van der Waals surface area contributed by atoms with Crippen LogP contribution in [0.5, 0.6) is 0 Å². The minimum atomic E-state index is 0.215. The lowest BCUT2D eigenvalue weighted by atomic mass is 9.92. The molecule has 0 saturated heterocycles. The van der Waals surface area contributed by atoms with Gasteiger partial charge in [0.05, 0.1) is 23.1 Å². The molecule has 1 aliphatic carbocycles. The van der Waals surface area contributed by atoms with Crippen LogP contribution in [0.25, 0.3) is 0 Å². The molecule has 0 saturated carbocycles. The maximum Gasteiger partial charge on any atom is 0.0874 e. The van der Waals surface area contributed by atoms with E-state index >= 15 is 0 Å². The number of rotatable bonds is 2. The van der Waals surface area contributed by atoms with Gasteiger partial charge in [0.15, 0.2) is 0 Å². The highest BCUT2D eigenvalue weighted by molar-refractivity contribution is 6.08. The molecule has 1 unspecified atom stereocenters. The number of benzene rings is 1. The molecular weight excluding hydrogens is 244 g/mol. The highest BCUT2D eigenvalue weighted by atomic mass is 15.0. The van der Waals surface area contributed by atoms with Gasteiger partial charge in [0, 0.05) is 0 Å². The molecule has 104 valence electrons. The average Bonchev–Trinajstić information content (AvgIpc) is 2.43. The molecule has 20 heavy (non-hydrogen) atoms. The third-order valence-corrected chi connectivity index (χ3v) is 4.03. The van der Waals surface area contributed by atoms with Crippen LogP contribution in [0.15, 0.2) is 47.0 Å². The molecule has 2 nitrogen and oxygen atoms in total. The van der Waals surface area contributed by atoms with Crippen LogP contribution in [0, 0.1) is 5.92 Å². The van der Waals surface area contributed by atoms with Gasteiger partial charge in [0.2, 0.25) is 0 Å². The number of nitrogens with one attached hydrogen (secondary N) is 1. The summed E-state index contributed by atoms with van der Waals surface area (Å²) in [6.07, 6.45) is 6.67. The fourth-order valence-electron chi connectivity index (χ4n) is 2.63. The zero-order chi connectivity index (χ0) is 14.3. The number of hydrogen-bond acceptors (Lipinski definition) is 2. The smallest absolute Gasteiger partial charge is 0.0874 e. The Morgan fingerprint density at radius 3 is 2.60 bits per heavy atom. The molecular formula is C18H22N2. The molecule has 0 spiro atoms. The fraction of sp³-hybridized carbons (Fsp3) is 0.389. The van der Waals surface area contributed by atoms with Gasteiger partial charge in [-0.25, -0.2) is 4.99 Å². The molecule has 1 heterocycles. The van der Waals surface area contributed by atoms with Gasteiger partial charge in [0.1, 0.15) is 0 Å². The Labute approximate surface area is 121 Å². The molecule has 1 aliphatic heterocycles. The van der Waals surface area contributed by atoms with Gasteiger partial charge in [-0.05, 0) is 41.2 Å². The highest BCUT2D eigenvalue weighted by Crippen LogP contribution is 2.34. The van der Waals surface area contributed by atoms with E-state index in [0.29, 0.717) is 11.8 Å². The Morgan fingerprint density at radius 2 is 1.90 bits per heavy atom. The Bertz CT molecular complexity index is 618. The van der Waals surface area contributed by atoms with Crippen LogP contribution in [-0.2, 0) is 0 Å². The van der Waals surface area contributed by atoms with E-state index < -0.39 is 0 Å². The zero-order valence-electron chi connectivity index (χ0n) is 12.6. The van der Waals surface area contributed by atoms with Crippen molar-refractivity contribution in [3.05, 3.63) is 47.6 Å². The van der Waals surface area contributed by atoms with Crippen LogP contribution in [-0.4, -0.2) is 11.8 Å². The van der Waals surface area contributed by atoms with Crippen LogP contribution < -0.4 is 5.32 Å². The van der Waals surface area contributed by atoms with Crippen molar-refractivity contribution in [1.29, 1.82) is 0 Å². The Balaban J connectivity index is 1.99. The summed E-state index contributed by atoms with van der Waals surface area (Å²) in [4.78, 5) is 4.83. The van der Waals surface area contributed by atoms with E-state index in [9.17, 15) is 0 Å². The van der Waals surface area contributed by atoms with Crippen molar-refractivity contribution in [3.63, 3.8) is 0 Å². The van der Waals surface area contributed by atoms with Gasteiger partial charge in [0.25, 0.3) is 0 Å². The second-order valence-electron chi connectivity index (χ2n) is 6.25. The average molecular weight is 266 g/mol. The summed E-state index contributed by atoms with van der Waals surface area (Å²) in [5.74, 6) is 1.08. The summed E-state index contributed by atoms with van der Waals surface area (Å²) < 4.78 is 0. The molecule has 0 bridgehead atoms. The first-order valence-electron chi connectivity index (χ1n) is 7.43. The summed E-state index contributed by atoms with van der Waals surface area (Å²) in [7, 11) is 0. The van der Waals surface area contributed by atoms with E-state index in [1.165, 1.54) is 11.1 Å². The van der Waals surface area contributed by atoms with E-state index in [-0.39, 0.29) is 6.04 Å². The fourth-order valence-corrected chi connectivity index (χ4v) is 2.63. The van der Waals surface area contributed by atoms with Gasteiger partial charge in [-0.2, -0.15) is 0 Å². The topological polar surface area (TPSA) is 24.4 Å². The SMILES string of the molecule is CC(C)C1=CC2=Nc3ccc(C(C)C)cc3NC2C=C1. The van der Waals surface area contributed by atoms with Gasteiger partial charge in [-0.15, -0.1) is 0 Å². The number of anilines is 1. The first-order chi connectivity index (χ1) is 9.54. The Hall–Kier alpha value is -1.83. The van der Waals surface area contributed by atoms with E-state index in [1.807, 2.05) is 0 Å². The quantitative estimate of drug-likeness (QED) is 0.814. The zero-order valence-corrected chi connectivity index (χ0v) is 12.6. The molecule has 1 N–H and O–H groups in total. The molecule has 0 amide bonds. The van der Waals surface area contributed by atoms with Crippen molar-refractivity contribution >= 4 is 17.1 Å². The number of nitrogens with zero attached hydrogens (tertiary/aromatic N) is 1.